The van der Waals surface area contributed by atoms with E-state index in [2.05, 4.69) is 10.6 Å². The first-order valence-electron chi connectivity index (χ1n) is 8.82. The number of nitrogens with one attached hydrogen (secondary N) is 2. The summed E-state index contributed by atoms with van der Waals surface area (Å²) in [4.78, 5) is 34.9. The Labute approximate surface area is 163 Å². The lowest BCUT2D eigenvalue weighted by molar-refractivity contribution is -0.385. The van der Waals surface area contributed by atoms with Crippen LogP contribution in [0.25, 0.3) is 0 Å². The Kier molecular flexibility index (Phi) is 7.08. The molecule has 2 aromatic rings. The molecule has 0 saturated carbocycles. The number of aryl methyl sites for hydroxylation is 1. The molecular formula is C20H23N3O5. The zero-order chi connectivity index (χ0) is 20.7. The summed E-state index contributed by atoms with van der Waals surface area (Å²) >= 11 is 0. The largest absolute Gasteiger partial charge is 0.490 e. The fourth-order valence-electron chi connectivity index (χ4n) is 2.70. The summed E-state index contributed by atoms with van der Waals surface area (Å²) in [6, 6.07) is 11.6. The normalized spacial score (nSPS) is 11.4. The molecule has 2 N–H and O–H groups in total. The molecule has 28 heavy (non-hydrogen) atoms. The minimum absolute atomic E-state index is 0.0585. The van der Waals surface area contributed by atoms with Crippen molar-refractivity contribution in [3.63, 3.8) is 0 Å². The summed E-state index contributed by atoms with van der Waals surface area (Å²) in [6.45, 7) is 3.71. The number of amides is 2. The number of rotatable bonds is 8. The van der Waals surface area contributed by atoms with E-state index < -0.39 is 10.8 Å². The predicted molar refractivity (Wildman–Crippen MR) is 104 cm³/mol. The van der Waals surface area contributed by atoms with Gasteiger partial charge in [-0.05, 0) is 31.0 Å². The maximum absolute atomic E-state index is 12.2. The van der Waals surface area contributed by atoms with Crippen LogP contribution in [-0.4, -0.2) is 30.4 Å². The van der Waals surface area contributed by atoms with Gasteiger partial charge in [-0.15, -0.1) is 0 Å². The molecule has 0 fully saturated rings. The predicted octanol–water partition coefficient (Wildman–Crippen LogP) is 2.91. The van der Waals surface area contributed by atoms with Crippen LogP contribution >= 0.6 is 0 Å². The Morgan fingerprint density at radius 3 is 2.43 bits per heavy atom. The van der Waals surface area contributed by atoms with E-state index >= 15 is 0 Å². The number of methoxy groups -OCH3 is 1. The molecule has 0 aliphatic rings. The average molecular weight is 385 g/mol. The highest BCUT2D eigenvalue weighted by Crippen LogP contribution is 2.27. The highest BCUT2D eigenvalue weighted by Gasteiger charge is 2.19. The third-order valence-corrected chi connectivity index (χ3v) is 4.27. The standard InChI is InChI=1S/C20H23N3O5/c1-4-16(14-7-5-13(2)6-8-14)22-19(24)12-21-20(25)15-9-10-18(28-3)17(11-15)23(26)27/h5-11,16H,4,12H2,1-3H3,(H,21,25)(H,22,24). The number of hydrogen-bond donors (Lipinski definition) is 2. The lowest BCUT2D eigenvalue weighted by atomic mass is 10.0. The van der Waals surface area contributed by atoms with Crippen LogP contribution in [0.3, 0.4) is 0 Å². The van der Waals surface area contributed by atoms with Crippen molar-refractivity contribution in [1.82, 2.24) is 10.6 Å². The second-order valence-electron chi connectivity index (χ2n) is 6.27. The number of benzene rings is 2. The highest BCUT2D eigenvalue weighted by molar-refractivity contribution is 5.97. The van der Waals surface area contributed by atoms with E-state index in [9.17, 15) is 19.7 Å². The molecular weight excluding hydrogens is 362 g/mol. The van der Waals surface area contributed by atoms with Crippen LogP contribution in [0.4, 0.5) is 5.69 Å². The van der Waals surface area contributed by atoms with E-state index in [4.69, 9.17) is 4.74 Å². The van der Waals surface area contributed by atoms with Crippen molar-refractivity contribution in [1.29, 1.82) is 0 Å². The van der Waals surface area contributed by atoms with Gasteiger partial charge < -0.3 is 15.4 Å². The van der Waals surface area contributed by atoms with Gasteiger partial charge in [0.15, 0.2) is 5.75 Å². The van der Waals surface area contributed by atoms with Crippen LogP contribution in [0.15, 0.2) is 42.5 Å². The van der Waals surface area contributed by atoms with Gasteiger partial charge in [0.1, 0.15) is 0 Å². The molecule has 0 bridgehead atoms. The number of carbonyl (C=O) groups excluding carboxylic acids is 2. The fraction of sp³-hybridized carbons (Fsp3) is 0.300. The van der Waals surface area contributed by atoms with Crippen LogP contribution < -0.4 is 15.4 Å². The van der Waals surface area contributed by atoms with Crippen LogP contribution in [0.5, 0.6) is 5.75 Å². The van der Waals surface area contributed by atoms with Crippen LogP contribution in [0, 0.1) is 17.0 Å². The molecule has 2 aromatic carbocycles. The van der Waals surface area contributed by atoms with Gasteiger partial charge in [-0.25, -0.2) is 0 Å². The summed E-state index contributed by atoms with van der Waals surface area (Å²) in [5.74, 6) is -0.865. The molecule has 0 aliphatic carbocycles. The van der Waals surface area contributed by atoms with Crippen molar-refractivity contribution in [2.24, 2.45) is 0 Å². The summed E-state index contributed by atoms with van der Waals surface area (Å²) in [7, 11) is 1.31. The second kappa shape index (κ2) is 9.50. The molecule has 148 valence electrons. The molecule has 2 amide bonds. The first-order valence-corrected chi connectivity index (χ1v) is 8.82. The van der Waals surface area contributed by atoms with Gasteiger partial charge in [0.2, 0.25) is 5.91 Å². The zero-order valence-corrected chi connectivity index (χ0v) is 16.0. The lowest BCUT2D eigenvalue weighted by Crippen LogP contribution is -2.38. The zero-order valence-electron chi connectivity index (χ0n) is 16.0. The molecule has 1 unspecified atom stereocenters. The summed E-state index contributed by atoms with van der Waals surface area (Å²) in [6.07, 6.45) is 0.702. The van der Waals surface area contributed by atoms with Gasteiger partial charge in [-0.3, -0.25) is 19.7 Å². The molecule has 0 spiro atoms. The second-order valence-corrected chi connectivity index (χ2v) is 6.27. The summed E-state index contributed by atoms with van der Waals surface area (Å²) in [5, 5.41) is 16.4. The number of ether oxygens (including phenoxy) is 1. The Morgan fingerprint density at radius 1 is 1.18 bits per heavy atom. The Balaban J connectivity index is 1.98. The van der Waals surface area contributed by atoms with Gasteiger partial charge >= 0.3 is 5.69 Å². The number of carbonyl (C=O) groups is 2. The Bertz CT molecular complexity index is 865. The molecule has 2 rings (SSSR count). The van der Waals surface area contributed by atoms with E-state index in [1.807, 2.05) is 38.1 Å². The molecule has 0 aromatic heterocycles. The number of nitro benzene ring substituents is 1. The van der Waals surface area contributed by atoms with Crippen LogP contribution in [0.1, 0.15) is 40.9 Å². The summed E-state index contributed by atoms with van der Waals surface area (Å²) < 4.78 is 4.91. The van der Waals surface area contributed by atoms with Crippen molar-refractivity contribution in [2.45, 2.75) is 26.3 Å². The van der Waals surface area contributed by atoms with Gasteiger partial charge in [-0.1, -0.05) is 36.8 Å². The maximum atomic E-state index is 12.2. The molecule has 0 aliphatic heterocycles. The monoisotopic (exact) mass is 385 g/mol. The van der Waals surface area contributed by atoms with Crippen LogP contribution in [0.2, 0.25) is 0 Å². The van der Waals surface area contributed by atoms with Crippen LogP contribution in [-0.2, 0) is 4.79 Å². The van der Waals surface area contributed by atoms with Crippen molar-refractivity contribution < 1.29 is 19.2 Å². The average Bonchev–Trinajstić information content (AvgIpc) is 2.70. The topological polar surface area (TPSA) is 111 Å². The van der Waals surface area contributed by atoms with Gasteiger partial charge in [0.25, 0.3) is 5.91 Å². The molecule has 8 nitrogen and oxygen atoms in total. The SMILES string of the molecule is CCC(NC(=O)CNC(=O)c1ccc(OC)c([N+](=O)[O-])c1)c1ccc(C)cc1. The highest BCUT2D eigenvalue weighted by atomic mass is 16.6. The van der Waals surface area contributed by atoms with E-state index in [-0.39, 0.29) is 35.5 Å². The first kappa shape index (κ1) is 20.9. The third-order valence-electron chi connectivity index (χ3n) is 4.27. The third kappa shape index (κ3) is 5.29. The Morgan fingerprint density at radius 2 is 1.86 bits per heavy atom. The molecule has 0 saturated heterocycles. The number of nitrogens with zero attached hydrogens (tertiary/aromatic N) is 1. The van der Waals surface area contributed by atoms with Crippen molar-refractivity contribution in [2.75, 3.05) is 13.7 Å². The van der Waals surface area contributed by atoms with E-state index in [0.29, 0.717) is 6.42 Å². The van der Waals surface area contributed by atoms with Gasteiger partial charge in [0.05, 0.1) is 24.6 Å². The van der Waals surface area contributed by atoms with E-state index in [1.165, 1.54) is 19.2 Å². The van der Waals surface area contributed by atoms with Crippen molar-refractivity contribution >= 4 is 17.5 Å². The van der Waals surface area contributed by atoms with E-state index in [0.717, 1.165) is 17.2 Å². The molecule has 8 heteroatoms. The minimum atomic E-state index is -0.629. The van der Waals surface area contributed by atoms with E-state index in [1.54, 1.807) is 0 Å². The van der Waals surface area contributed by atoms with Gasteiger partial charge in [-0.2, -0.15) is 0 Å². The lowest BCUT2D eigenvalue weighted by Gasteiger charge is -2.18. The molecule has 1 atom stereocenters. The Hall–Kier alpha value is -3.42. The number of nitro groups is 1. The van der Waals surface area contributed by atoms with Crippen molar-refractivity contribution in [3.05, 3.63) is 69.3 Å². The summed E-state index contributed by atoms with van der Waals surface area (Å²) in [5.41, 5.74) is 1.88. The molecule has 0 heterocycles. The smallest absolute Gasteiger partial charge is 0.311 e. The first-order chi connectivity index (χ1) is 13.3. The van der Waals surface area contributed by atoms with Crippen molar-refractivity contribution in [3.8, 4) is 5.75 Å². The maximum Gasteiger partial charge on any atom is 0.311 e. The minimum Gasteiger partial charge on any atom is -0.490 e. The quantitative estimate of drug-likeness (QED) is 0.536. The number of hydrogen-bond acceptors (Lipinski definition) is 5. The molecule has 0 radical (unpaired) electrons. The fourth-order valence-corrected chi connectivity index (χ4v) is 2.70. The van der Waals surface area contributed by atoms with Gasteiger partial charge in [0, 0.05) is 11.6 Å².